The van der Waals surface area contributed by atoms with Gasteiger partial charge in [-0.15, -0.1) is 0 Å². The van der Waals surface area contributed by atoms with E-state index in [2.05, 4.69) is 13.8 Å². The number of rotatable bonds is 2. The van der Waals surface area contributed by atoms with Crippen LogP contribution in [0.3, 0.4) is 0 Å². The summed E-state index contributed by atoms with van der Waals surface area (Å²) in [6, 6.07) is 0.340. The van der Waals surface area contributed by atoms with Crippen LogP contribution in [0, 0.1) is 11.3 Å². The van der Waals surface area contributed by atoms with E-state index >= 15 is 0 Å². The van der Waals surface area contributed by atoms with Gasteiger partial charge in [0.05, 0.1) is 6.04 Å². The average molecular weight is 196 g/mol. The van der Waals surface area contributed by atoms with Crippen molar-refractivity contribution in [1.82, 2.24) is 4.90 Å². The van der Waals surface area contributed by atoms with E-state index in [-0.39, 0.29) is 18.0 Å². The highest BCUT2D eigenvalue weighted by Crippen LogP contribution is 2.57. The Labute approximate surface area is 85.6 Å². The molecule has 0 radical (unpaired) electrons. The Balaban J connectivity index is 2.22. The molecule has 0 spiro atoms. The minimum atomic E-state index is 0.0531. The first-order valence-corrected chi connectivity index (χ1v) is 5.50. The molecule has 2 aliphatic rings. The highest BCUT2D eigenvalue weighted by Gasteiger charge is 2.57. The van der Waals surface area contributed by atoms with Gasteiger partial charge in [-0.25, -0.2) is 0 Å². The first-order valence-electron chi connectivity index (χ1n) is 5.50. The van der Waals surface area contributed by atoms with Gasteiger partial charge in [0, 0.05) is 19.5 Å². The van der Waals surface area contributed by atoms with Crippen molar-refractivity contribution in [1.29, 1.82) is 0 Å². The molecule has 2 unspecified atom stereocenters. The minimum Gasteiger partial charge on any atom is -0.341 e. The lowest BCUT2D eigenvalue weighted by Gasteiger charge is -2.34. The molecule has 1 saturated heterocycles. The second kappa shape index (κ2) is 2.96. The van der Waals surface area contributed by atoms with E-state index in [0.29, 0.717) is 17.8 Å². The fraction of sp³-hybridized carbons (Fsp3) is 0.909. The molecule has 2 rings (SSSR count). The molecule has 2 N–H and O–H groups in total. The molecule has 2 atom stereocenters. The van der Waals surface area contributed by atoms with Crippen LogP contribution in [-0.2, 0) is 4.79 Å². The maximum Gasteiger partial charge on any atom is 0.224 e. The zero-order chi connectivity index (χ0) is 10.5. The van der Waals surface area contributed by atoms with Crippen LogP contribution in [0.2, 0.25) is 0 Å². The van der Waals surface area contributed by atoms with Gasteiger partial charge in [-0.3, -0.25) is 4.79 Å². The van der Waals surface area contributed by atoms with Crippen molar-refractivity contribution in [3.05, 3.63) is 0 Å². The summed E-state index contributed by atoms with van der Waals surface area (Å²) in [5.41, 5.74) is 6.39. The van der Waals surface area contributed by atoms with Crippen LogP contribution in [0.5, 0.6) is 0 Å². The molecule has 1 saturated carbocycles. The SMILES string of the molecule is CC(C)C1(C2C(N)CC(=O)N2C)CC1. The molecule has 80 valence electrons. The van der Waals surface area contributed by atoms with Crippen LogP contribution in [0.15, 0.2) is 0 Å². The molecular formula is C11H20N2O. The Morgan fingerprint density at radius 2 is 2.07 bits per heavy atom. The molecule has 3 nitrogen and oxygen atoms in total. The largest absolute Gasteiger partial charge is 0.341 e. The molecule has 1 aliphatic heterocycles. The molecule has 0 bridgehead atoms. The van der Waals surface area contributed by atoms with Crippen molar-refractivity contribution >= 4 is 5.91 Å². The number of hydrogen-bond donors (Lipinski definition) is 1. The summed E-state index contributed by atoms with van der Waals surface area (Å²) in [5, 5.41) is 0. The summed E-state index contributed by atoms with van der Waals surface area (Å²) in [6.45, 7) is 4.49. The van der Waals surface area contributed by atoms with Crippen LogP contribution in [0.1, 0.15) is 33.1 Å². The van der Waals surface area contributed by atoms with E-state index in [4.69, 9.17) is 5.73 Å². The van der Waals surface area contributed by atoms with Gasteiger partial charge in [0.1, 0.15) is 0 Å². The summed E-state index contributed by atoms with van der Waals surface area (Å²) >= 11 is 0. The van der Waals surface area contributed by atoms with Crippen molar-refractivity contribution in [2.75, 3.05) is 7.05 Å². The second-order valence-corrected chi connectivity index (χ2v) is 5.21. The average Bonchev–Trinajstić information content (AvgIpc) is 2.81. The van der Waals surface area contributed by atoms with Crippen molar-refractivity contribution in [2.24, 2.45) is 17.1 Å². The molecule has 2 fully saturated rings. The van der Waals surface area contributed by atoms with Crippen molar-refractivity contribution in [2.45, 2.75) is 45.2 Å². The van der Waals surface area contributed by atoms with Gasteiger partial charge in [0.15, 0.2) is 0 Å². The first kappa shape index (κ1) is 9.97. The minimum absolute atomic E-state index is 0.0531. The molecule has 0 aromatic rings. The number of amides is 1. The van der Waals surface area contributed by atoms with Crippen LogP contribution < -0.4 is 5.73 Å². The number of likely N-dealkylation sites (N-methyl/N-ethyl adjacent to an activating group) is 1. The van der Waals surface area contributed by atoms with Gasteiger partial charge < -0.3 is 10.6 Å². The number of hydrogen-bond acceptors (Lipinski definition) is 2. The zero-order valence-corrected chi connectivity index (χ0v) is 9.29. The van der Waals surface area contributed by atoms with E-state index in [1.165, 1.54) is 12.8 Å². The van der Waals surface area contributed by atoms with Crippen LogP contribution >= 0.6 is 0 Å². The van der Waals surface area contributed by atoms with Gasteiger partial charge in [-0.2, -0.15) is 0 Å². The first-order chi connectivity index (χ1) is 6.49. The summed E-state index contributed by atoms with van der Waals surface area (Å²) < 4.78 is 0. The lowest BCUT2D eigenvalue weighted by molar-refractivity contribution is -0.128. The molecule has 1 heterocycles. The molecule has 3 heteroatoms. The van der Waals surface area contributed by atoms with E-state index in [1.807, 2.05) is 11.9 Å². The number of nitrogens with zero attached hydrogens (tertiary/aromatic N) is 1. The third-order valence-electron chi connectivity index (χ3n) is 4.19. The van der Waals surface area contributed by atoms with E-state index < -0.39 is 0 Å². The predicted octanol–water partition coefficient (Wildman–Crippen LogP) is 0.981. The third-order valence-corrected chi connectivity index (χ3v) is 4.19. The highest BCUT2D eigenvalue weighted by atomic mass is 16.2. The molecule has 1 aliphatic carbocycles. The zero-order valence-electron chi connectivity index (χ0n) is 9.29. The Kier molecular flexibility index (Phi) is 2.11. The Hall–Kier alpha value is -0.570. The number of likely N-dealkylation sites (tertiary alicyclic amines) is 1. The van der Waals surface area contributed by atoms with Gasteiger partial charge >= 0.3 is 0 Å². The molecule has 0 aromatic carbocycles. The summed E-state index contributed by atoms with van der Waals surface area (Å²) in [7, 11) is 1.91. The Morgan fingerprint density at radius 3 is 2.36 bits per heavy atom. The predicted molar refractivity (Wildman–Crippen MR) is 55.7 cm³/mol. The summed E-state index contributed by atoms with van der Waals surface area (Å²) in [6.07, 6.45) is 3.01. The smallest absolute Gasteiger partial charge is 0.224 e. The number of carbonyl (C=O) groups excluding carboxylic acids is 1. The maximum atomic E-state index is 11.5. The standard InChI is InChI=1S/C11H20N2O/c1-7(2)11(4-5-11)10-8(12)6-9(14)13(10)3/h7-8,10H,4-6,12H2,1-3H3. The summed E-state index contributed by atoms with van der Waals surface area (Å²) in [5.74, 6) is 0.848. The van der Waals surface area contributed by atoms with Crippen molar-refractivity contribution in [3.8, 4) is 0 Å². The van der Waals surface area contributed by atoms with Crippen LogP contribution in [0.25, 0.3) is 0 Å². The monoisotopic (exact) mass is 196 g/mol. The van der Waals surface area contributed by atoms with Gasteiger partial charge in [-0.05, 0) is 24.2 Å². The fourth-order valence-corrected chi connectivity index (χ4v) is 3.07. The maximum absolute atomic E-state index is 11.5. The number of carbonyl (C=O) groups is 1. The molecule has 0 aromatic heterocycles. The van der Waals surface area contributed by atoms with Crippen LogP contribution in [0.4, 0.5) is 0 Å². The fourth-order valence-electron chi connectivity index (χ4n) is 3.07. The van der Waals surface area contributed by atoms with E-state index in [1.54, 1.807) is 0 Å². The lowest BCUT2D eigenvalue weighted by Crippen LogP contribution is -2.47. The second-order valence-electron chi connectivity index (χ2n) is 5.21. The molecule has 14 heavy (non-hydrogen) atoms. The lowest BCUT2D eigenvalue weighted by atomic mass is 9.82. The molecular weight excluding hydrogens is 176 g/mol. The van der Waals surface area contributed by atoms with Gasteiger partial charge in [0.2, 0.25) is 5.91 Å². The highest BCUT2D eigenvalue weighted by molar-refractivity contribution is 5.80. The Bertz CT molecular complexity index is 258. The quantitative estimate of drug-likeness (QED) is 0.715. The summed E-state index contributed by atoms with van der Waals surface area (Å²) in [4.78, 5) is 13.4. The van der Waals surface area contributed by atoms with Crippen molar-refractivity contribution < 1.29 is 4.79 Å². The van der Waals surface area contributed by atoms with E-state index in [9.17, 15) is 4.79 Å². The van der Waals surface area contributed by atoms with Gasteiger partial charge in [-0.1, -0.05) is 13.8 Å². The topological polar surface area (TPSA) is 46.3 Å². The Morgan fingerprint density at radius 1 is 1.50 bits per heavy atom. The third kappa shape index (κ3) is 1.18. The van der Waals surface area contributed by atoms with E-state index in [0.717, 1.165) is 0 Å². The number of nitrogens with two attached hydrogens (primary N) is 1. The van der Waals surface area contributed by atoms with Gasteiger partial charge in [0.25, 0.3) is 0 Å². The van der Waals surface area contributed by atoms with Crippen LogP contribution in [-0.4, -0.2) is 29.9 Å². The normalized spacial score (nSPS) is 35.5. The molecule has 1 amide bonds. The van der Waals surface area contributed by atoms with Crippen molar-refractivity contribution in [3.63, 3.8) is 0 Å².